The minimum absolute atomic E-state index is 0.0217. The third kappa shape index (κ3) is 5.73. The zero-order valence-corrected chi connectivity index (χ0v) is 22.1. The van der Waals surface area contributed by atoms with Crippen LogP contribution in [0.2, 0.25) is 0 Å². The van der Waals surface area contributed by atoms with Crippen LogP contribution >= 0.6 is 0 Å². The Morgan fingerprint density at radius 1 is 0.886 bits per heavy atom. The molecule has 6 heteroatoms. The van der Waals surface area contributed by atoms with Gasteiger partial charge in [0.15, 0.2) is 0 Å². The van der Waals surface area contributed by atoms with Crippen LogP contribution in [0.3, 0.4) is 0 Å². The van der Waals surface area contributed by atoms with Crippen LogP contribution in [-0.2, 0) is 23.9 Å². The highest BCUT2D eigenvalue weighted by atomic mass is 16.5. The summed E-state index contributed by atoms with van der Waals surface area (Å²) in [6.45, 7) is 17.1. The summed E-state index contributed by atoms with van der Waals surface area (Å²) in [7, 11) is 0. The molecule has 4 rings (SSSR count). The standard InChI is InChI=1S/C29H42O6/c1-17(2)26(32)34-14-20(6)28-10-22-9-23(11-28)13-29(12-22,16-28)24(15-35-27(33)18(3)4)8-19(5)21(7)25(30)31/h20,22-24H,1,3,8-16H2,2,4-7H3,(H,30,31). The van der Waals surface area contributed by atoms with Crippen LogP contribution in [0.5, 0.6) is 0 Å². The smallest absolute Gasteiger partial charge is 0.333 e. The maximum Gasteiger partial charge on any atom is 0.333 e. The van der Waals surface area contributed by atoms with Crippen molar-refractivity contribution in [3.63, 3.8) is 0 Å². The van der Waals surface area contributed by atoms with Gasteiger partial charge in [-0.15, -0.1) is 0 Å². The monoisotopic (exact) mass is 486 g/mol. The Labute approximate surface area is 209 Å². The van der Waals surface area contributed by atoms with Crippen molar-refractivity contribution in [2.45, 2.75) is 79.6 Å². The summed E-state index contributed by atoms with van der Waals surface area (Å²) in [4.78, 5) is 36.0. The van der Waals surface area contributed by atoms with Crippen molar-refractivity contribution in [3.05, 3.63) is 35.5 Å². The molecule has 0 aromatic carbocycles. The van der Waals surface area contributed by atoms with Crippen molar-refractivity contribution in [2.75, 3.05) is 13.2 Å². The average molecular weight is 487 g/mol. The van der Waals surface area contributed by atoms with Crippen molar-refractivity contribution in [1.82, 2.24) is 0 Å². The van der Waals surface area contributed by atoms with Crippen LogP contribution in [0, 0.1) is 34.5 Å². The molecule has 4 aliphatic carbocycles. The Morgan fingerprint density at radius 2 is 1.37 bits per heavy atom. The van der Waals surface area contributed by atoms with E-state index in [4.69, 9.17) is 9.47 Å². The van der Waals surface area contributed by atoms with Crippen molar-refractivity contribution in [1.29, 1.82) is 0 Å². The lowest BCUT2D eigenvalue weighted by atomic mass is 9.39. The van der Waals surface area contributed by atoms with E-state index >= 15 is 0 Å². The first-order valence-electron chi connectivity index (χ1n) is 12.8. The van der Waals surface area contributed by atoms with Gasteiger partial charge in [-0.1, -0.05) is 25.7 Å². The predicted molar refractivity (Wildman–Crippen MR) is 134 cm³/mol. The normalized spacial score (nSPS) is 31.2. The number of ether oxygens (including phenoxy) is 2. The van der Waals surface area contributed by atoms with Gasteiger partial charge in [-0.3, -0.25) is 0 Å². The van der Waals surface area contributed by atoms with Gasteiger partial charge in [0, 0.05) is 22.6 Å². The number of carbonyl (C=O) groups excluding carboxylic acids is 2. The predicted octanol–water partition coefficient (Wildman–Crippen LogP) is 5.88. The molecular weight excluding hydrogens is 444 g/mol. The quantitative estimate of drug-likeness (QED) is 0.290. The maximum atomic E-state index is 12.3. The topological polar surface area (TPSA) is 89.9 Å². The fourth-order valence-corrected chi connectivity index (χ4v) is 7.42. The molecule has 0 aliphatic heterocycles. The number of allylic oxidation sites excluding steroid dienone is 1. The van der Waals surface area contributed by atoms with Crippen molar-refractivity contribution >= 4 is 17.9 Å². The summed E-state index contributed by atoms with van der Waals surface area (Å²) in [5, 5.41) is 9.54. The molecule has 4 unspecified atom stereocenters. The first-order valence-corrected chi connectivity index (χ1v) is 12.8. The van der Waals surface area contributed by atoms with E-state index in [1.54, 1.807) is 20.8 Å². The molecule has 4 atom stereocenters. The van der Waals surface area contributed by atoms with Crippen molar-refractivity contribution in [3.8, 4) is 0 Å². The summed E-state index contributed by atoms with van der Waals surface area (Å²) in [5.41, 5.74) is 2.03. The lowest BCUT2D eigenvalue weighted by Gasteiger charge is -2.66. The van der Waals surface area contributed by atoms with Crippen LogP contribution in [0.15, 0.2) is 35.5 Å². The summed E-state index contributed by atoms with van der Waals surface area (Å²) >= 11 is 0. The fraction of sp³-hybridized carbons (Fsp3) is 0.690. The second kappa shape index (κ2) is 10.3. The van der Waals surface area contributed by atoms with E-state index in [2.05, 4.69) is 20.1 Å². The summed E-state index contributed by atoms with van der Waals surface area (Å²) in [5.74, 6) is -0.200. The number of rotatable bonds is 11. The third-order valence-electron chi connectivity index (χ3n) is 9.15. The molecule has 0 radical (unpaired) electrons. The Hall–Kier alpha value is -2.37. The number of carbonyl (C=O) groups is 3. The molecule has 0 aromatic heterocycles. The molecule has 0 heterocycles. The molecule has 4 saturated carbocycles. The number of hydrogen-bond acceptors (Lipinski definition) is 5. The van der Waals surface area contributed by atoms with Gasteiger partial charge in [-0.2, -0.15) is 0 Å². The molecule has 0 saturated heterocycles. The van der Waals surface area contributed by atoms with Crippen LogP contribution in [-0.4, -0.2) is 36.2 Å². The van der Waals surface area contributed by atoms with E-state index in [9.17, 15) is 19.5 Å². The molecule has 4 bridgehead atoms. The largest absolute Gasteiger partial charge is 0.478 e. The van der Waals surface area contributed by atoms with Crippen LogP contribution in [0.25, 0.3) is 0 Å². The van der Waals surface area contributed by atoms with Crippen LogP contribution in [0.4, 0.5) is 0 Å². The number of carboxylic acid groups (broad SMARTS) is 1. The molecule has 35 heavy (non-hydrogen) atoms. The van der Waals surface area contributed by atoms with Crippen molar-refractivity contribution in [2.24, 2.45) is 34.5 Å². The minimum Gasteiger partial charge on any atom is -0.478 e. The van der Waals surface area contributed by atoms with Crippen LogP contribution in [0.1, 0.15) is 79.6 Å². The minimum atomic E-state index is -0.907. The van der Waals surface area contributed by atoms with Gasteiger partial charge in [0.1, 0.15) is 0 Å². The Kier molecular flexibility index (Phi) is 8.02. The maximum absolute atomic E-state index is 12.3. The number of carboxylic acids is 1. The summed E-state index contributed by atoms with van der Waals surface area (Å²) in [6.07, 6.45) is 7.25. The first kappa shape index (κ1) is 27.2. The molecular formula is C29H42O6. The number of esters is 2. The molecule has 6 nitrogen and oxygen atoms in total. The zero-order valence-electron chi connectivity index (χ0n) is 22.1. The Bertz CT molecular complexity index is 927. The van der Waals surface area contributed by atoms with Gasteiger partial charge in [0.2, 0.25) is 0 Å². The Morgan fingerprint density at radius 3 is 1.86 bits per heavy atom. The molecule has 4 aliphatic rings. The molecule has 0 spiro atoms. The third-order valence-corrected chi connectivity index (χ3v) is 9.15. The molecule has 1 N–H and O–H groups in total. The summed E-state index contributed by atoms with van der Waals surface area (Å²) in [6, 6.07) is 0. The highest BCUT2D eigenvalue weighted by Crippen LogP contribution is 2.70. The first-order chi connectivity index (χ1) is 16.3. The van der Waals surface area contributed by atoms with E-state index in [1.807, 2.05) is 6.92 Å². The van der Waals surface area contributed by atoms with Gasteiger partial charge < -0.3 is 14.6 Å². The lowest BCUT2D eigenvalue weighted by Crippen LogP contribution is -2.57. The molecule has 0 amide bonds. The average Bonchev–Trinajstić information content (AvgIpc) is 2.77. The van der Waals surface area contributed by atoms with Gasteiger partial charge >= 0.3 is 17.9 Å². The number of aliphatic carboxylic acids is 1. The molecule has 0 aromatic rings. The van der Waals surface area contributed by atoms with Gasteiger partial charge in [0.25, 0.3) is 0 Å². The molecule has 194 valence electrons. The number of hydrogen-bond donors (Lipinski definition) is 1. The highest BCUT2D eigenvalue weighted by Gasteiger charge is 2.61. The van der Waals surface area contributed by atoms with E-state index < -0.39 is 11.9 Å². The molecule has 4 fully saturated rings. The summed E-state index contributed by atoms with van der Waals surface area (Å²) < 4.78 is 11.3. The van der Waals surface area contributed by atoms with E-state index in [1.165, 1.54) is 6.42 Å². The van der Waals surface area contributed by atoms with Crippen molar-refractivity contribution < 1.29 is 29.0 Å². The van der Waals surface area contributed by atoms with Crippen LogP contribution < -0.4 is 0 Å². The lowest BCUT2D eigenvalue weighted by molar-refractivity contribution is -0.176. The van der Waals surface area contributed by atoms with Gasteiger partial charge in [-0.05, 0) is 101 Å². The highest BCUT2D eigenvalue weighted by molar-refractivity contribution is 5.87. The van der Waals surface area contributed by atoms with Gasteiger partial charge in [-0.25, -0.2) is 14.4 Å². The Balaban J connectivity index is 1.89. The van der Waals surface area contributed by atoms with E-state index in [0.717, 1.165) is 37.7 Å². The SMILES string of the molecule is C=C(C)C(=O)OCC(C)C12CC3CC(C1)CC(C(COC(=O)C(=C)C)CC(C)=C(C)C(=O)O)(C3)C2. The van der Waals surface area contributed by atoms with E-state index in [0.29, 0.717) is 41.6 Å². The second-order valence-corrected chi connectivity index (χ2v) is 12.0. The second-order valence-electron chi connectivity index (χ2n) is 12.0. The van der Waals surface area contributed by atoms with E-state index in [-0.39, 0.29) is 35.2 Å². The fourth-order valence-electron chi connectivity index (χ4n) is 7.42. The zero-order chi connectivity index (χ0) is 26.1. The van der Waals surface area contributed by atoms with Gasteiger partial charge in [0.05, 0.1) is 13.2 Å².